The first-order valence-corrected chi connectivity index (χ1v) is 10.7. The summed E-state index contributed by atoms with van der Waals surface area (Å²) in [7, 11) is 0. The first-order chi connectivity index (χ1) is 15.4. The molecule has 1 heterocycles. The molecule has 0 bridgehead atoms. The number of halogens is 1. The number of para-hydroxylation sites is 1. The van der Waals surface area contributed by atoms with Gasteiger partial charge in [0, 0.05) is 36.9 Å². The van der Waals surface area contributed by atoms with Gasteiger partial charge in [-0.3, -0.25) is 9.78 Å². The van der Waals surface area contributed by atoms with Gasteiger partial charge in [0.2, 0.25) is 5.91 Å². The Kier molecular flexibility index (Phi) is 10.2. The zero-order chi connectivity index (χ0) is 23.3. The Morgan fingerprint density at radius 1 is 1.19 bits per heavy atom. The number of nitrogens with one attached hydrogen (secondary N) is 2. The van der Waals surface area contributed by atoms with Crippen molar-refractivity contribution < 1.29 is 4.79 Å². The zero-order valence-corrected chi connectivity index (χ0v) is 19.1. The minimum atomic E-state index is -0.144. The maximum Gasteiger partial charge on any atom is 0.225 e. The standard InChI is InChI=1S/C20H23ClN4O.C5H5N/c1-13-10-16(21)6-7-17(13)14(2)12-24-9-8-19(26)25-18-5-3-4-15(11-22)20(18)23;1-2-4-6-5-3-1/h3-7,10,14,24H,8-9,12,23H2,1-2H3,(H,25,26);1-5H. The number of benzene rings is 2. The lowest BCUT2D eigenvalue weighted by molar-refractivity contribution is -0.116. The van der Waals surface area contributed by atoms with Crippen LogP contribution < -0.4 is 16.4 Å². The molecule has 0 saturated heterocycles. The molecule has 1 unspecified atom stereocenters. The van der Waals surface area contributed by atoms with Gasteiger partial charge in [-0.25, -0.2) is 0 Å². The molecule has 6 nitrogen and oxygen atoms in total. The van der Waals surface area contributed by atoms with Gasteiger partial charge in [-0.05, 0) is 60.4 Å². The van der Waals surface area contributed by atoms with E-state index in [0.717, 1.165) is 17.1 Å². The average molecular weight is 450 g/mol. The Bertz CT molecular complexity index is 1020. The third-order valence-corrected chi connectivity index (χ3v) is 5.04. The first kappa shape index (κ1) is 24.9. The van der Waals surface area contributed by atoms with E-state index in [2.05, 4.69) is 22.5 Å². The van der Waals surface area contributed by atoms with Crippen LogP contribution in [0.15, 0.2) is 67.0 Å². The van der Waals surface area contributed by atoms with Crippen molar-refractivity contribution in [2.45, 2.75) is 26.2 Å². The van der Waals surface area contributed by atoms with Crippen molar-refractivity contribution in [1.82, 2.24) is 10.3 Å². The van der Waals surface area contributed by atoms with Crippen molar-refractivity contribution in [3.05, 3.63) is 88.7 Å². The van der Waals surface area contributed by atoms with Crippen LogP contribution in [0.3, 0.4) is 0 Å². The molecule has 0 spiro atoms. The Balaban J connectivity index is 0.000000520. The summed E-state index contributed by atoms with van der Waals surface area (Å²) in [5.41, 5.74) is 9.39. The number of amides is 1. The Morgan fingerprint density at radius 3 is 2.53 bits per heavy atom. The SMILES string of the molecule is Cc1cc(Cl)ccc1C(C)CNCCC(=O)Nc1cccc(C#N)c1N.c1ccncc1. The lowest BCUT2D eigenvalue weighted by atomic mass is 9.96. The normalized spacial score (nSPS) is 10.9. The van der Waals surface area contributed by atoms with E-state index in [9.17, 15) is 4.79 Å². The zero-order valence-electron chi connectivity index (χ0n) is 18.3. The number of hydrogen-bond acceptors (Lipinski definition) is 5. The molecule has 3 rings (SSSR count). The third kappa shape index (κ3) is 8.03. The van der Waals surface area contributed by atoms with Crippen LogP contribution in [0.4, 0.5) is 11.4 Å². The number of nitrogens with zero attached hydrogens (tertiary/aromatic N) is 2. The van der Waals surface area contributed by atoms with E-state index in [0.29, 0.717) is 35.8 Å². The Labute approximate surface area is 194 Å². The van der Waals surface area contributed by atoms with Gasteiger partial charge in [0.25, 0.3) is 0 Å². The van der Waals surface area contributed by atoms with Gasteiger partial charge in [-0.1, -0.05) is 36.7 Å². The van der Waals surface area contributed by atoms with Gasteiger partial charge >= 0.3 is 0 Å². The first-order valence-electron chi connectivity index (χ1n) is 10.3. The van der Waals surface area contributed by atoms with Crippen LogP contribution in [0.5, 0.6) is 0 Å². The highest BCUT2D eigenvalue weighted by molar-refractivity contribution is 6.30. The van der Waals surface area contributed by atoms with E-state index in [1.165, 1.54) is 5.56 Å². The minimum absolute atomic E-state index is 0.144. The molecule has 1 atom stereocenters. The van der Waals surface area contributed by atoms with E-state index >= 15 is 0 Å². The molecule has 32 heavy (non-hydrogen) atoms. The number of pyridine rings is 1. The van der Waals surface area contributed by atoms with E-state index < -0.39 is 0 Å². The molecule has 0 aliphatic heterocycles. The highest BCUT2D eigenvalue weighted by Gasteiger charge is 2.10. The van der Waals surface area contributed by atoms with Crippen LogP contribution in [-0.2, 0) is 4.79 Å². The largest absolute Gasteiger partial charge is 0.396 e. The van der Waals surface area contributed by atoms with Gasteiger partial charge in [0.05, 0.1) is 16.9 Å². The molecule has 166 valence electrons. The number of hydrogen-bond donors (Lipinski definition) is 3. The summed E-state index contributed by atoms with van der Waals surface area (Å²) in [4.78, 5) is 15.9. The van der Waals surface area contributed by atoms with Gasteiger partial charge in [-0.15, -0.1) is 0 Å². The number of carbonyl (C=O) groups excluding carboxylic acids is 1. The summed E-state index contributed by atoms with van der Waals surface area (Å²) in [5.74, 6) is 0.174. The number of nitrogen functional groups attached to an aromatic ring is 1. The molecular formula is C25H28ClN5O. The maximum absolute atomic E-state index is 12.1. The van der Waals surface area contributed by atoms with E-state index in [1.54, 1.807) is 30.6 Å². The van der Waals surface area contributed by atoms with Crippen molar-refractivity contribution >= 4 is 28.9 Å². The molecule has 0 radical (unpaired) electrons. The van der Waals surface area contributed by atoms with Crippen LogP contribution in [0.2, 0.25) is 5.02 Å². The number of rotatable bonds is 7. The predicted octanol–water partition coefficient (Wildman–Crippen LogP) is 4.91. The topological polar surface area (TPSA) is 104 Å². The molecule has 0 aliphatic rings. The molecule has 2 aromatic carbocycles. The second kappa shape index (κ2) is 13.1. The van der Waals surface area contributed by atoms with Crippen LogP contribution in [-0.4, -0.2) is 24.0 Å². The molecule has 0 aliphatic carbocycles. The number of carbonyl (C=O) groups is 1. The number of aromatic nitrogens is 1. The number of nitriles is 1. The van der Waals surface area contributed by atoms with Crippen LogP contribution in [0.1, 0.15) is 36.0 Å². The summed E-state index contributed by atoms with van der Waals surface area (Å²) < 4.78 is 0. The molecular weight excluding hydrogens is 422 g/mol. The summed E-state index contributed by atoms with van der Waals surface area (Å²) >= 11 is 5.99. The Hall–Kier alpha value is -3.40. The quantitative estimate of drug-likeness (QED) is 0.351. The van der Waals surface area contributed by atoms with Crippen LogP contribution in [0, 0.1) is 18.3 Å². The molecule has 1 aromatic heterocycles. The predicted molar refractivity (Wildman–Crippen MR) is 131 cm³/mol. The maximum atomic E-state index is 12.1. The average Bonchev–Trinajstić information content (AvgIpc) is 2.79. The fraction of sp³-hybridized carbons (Fsp3) is 0.240. The lowest BCUT2D eigenvalue weighted by Gasteiger charge is -2.16. The highest BCUT2D eigenvalue weighted by Crippen LogP contribution is 2.23. The Morgan fingerprint density at radius 2 is 1.94 bits per heavy atom. The monoisotopic (exact) mass is 449 g/mol. The second-order valence-electron chi connectivity index (χ2n) is 7.31. The van der Waals surface area contributed by atoms with Gasteiger partial charge < -0.3 is 16.4 Å². The van der Waals surface area contributed by atoms with Crippen LogP contribution >= 0.6 is 11.6 Å². The molecule has 4 N–H and O–H groups in total. The van der Waals surface area contributed by atoms with Gasteiger partial charge in [-0.2, -0.15) is 5.26 Å². The van der Waals surface area contributed by atoms with E-state index in [1.807, 2.05) is 49.4 Å². The highest BCUT2D eigenvalue weighted by atomic mass is 35.5. The number of nitrogens with two attached hydrogens (primary N) is 1. The summed E-state index contributed by atoms with van der Waals surface area (Å²) in [6, 6.07) is 18.6. The van der Waals surface area contributed by atoms with Crippen molar-refractivity contribution in [2.75, 3.05) is 24.1 Å². The molecule has 1 amide bonds. The molecule has 0 saturated carbocycles. The van der Waals surface area contributed by atoms with Crippen LogP contribution in [0.25, 0.3) is 0 Å². The summed E-state index contributed by atoms with van der Waals surface area (Å²) in [6.07, 6.45) is 3.82. The fourth-order valence-electron chi connectivity index (χ4n) is 3.12. The van der Waals surface area contributed by atoms with Crippen molar-refractivity contribution in [3.63, 3.8) is 0 Å². The molecule has 7 heteroatoms. The number of aryl methyl sites for hydroxylation is 1. The fourth-order valence-corrected chi connectivity index (χ4v) is 3.35. The van der Waals surface area contributed by atoms with Crippen molar-refractivity contribution in [1.29, 1.82) is 5.26 Å². The molecule has 3 aromatic rings. The van der Waals surface area contributed by atoms with E-state index in [4.69, 9.17) is 22.6 Å². The molecule has 0 fully saturated rings. The number of anilines is 2. The minimum Gasteiger partial charge on any atom is -0.396 e. The van der Waals surface area contributed by atoms with Crippen molar-refractivity contribution in [3.8, 4) is 6.07 Å². The van der Waals surface area contributed by atoms with Crippen molar-refractivity contribution in [2.24, 2.45) is 0 Å². The van der Waals surface area contributed by atoms with Gasteiger partial charge in [0.1, 0.15) is 6.07 Å². The summed E-state index contributed by atoms with van der Waals surface area (Å²) in [5, 5.41) is 15.8. The van der Waals surface area contributed by atoms with E-state index in [-0.39, 0.29) is 5.91 Å². The smallest absolute Gasteiger partial charge is 0.225 e. The second-order valence-corrected chi connectivity index (χ2v) is 7.74. The lowest BCUT2D eigenvalue weighted by Crippen LogP contribution is -2.25. The summed E-state index contributed by atoms with van der Waals surface area (Å²) in [6.45, 7) is 5.50. The third-order valence-electron chi connectivity index (χ3n) is 4.81. The van der Waals surface area contributed by atoms with Gasteiger partial charge in [0.15, 0.2) is 0 Å².